The first-order chi connectivity index (χ1) is 11.1. The average Bonchev–Trinajstić information content (AvgIpc) is 2.46. The van der Waals surface area contributed by atoms with Gasteiger partial charge in [-0.25, -0.2) is 0 Å². The van der Waals surface area contributed by atoms with Crippen LogP contribution in [0.1, 0.15) is 18.9 Å². The maximum Gasteiger partial charge on any atom is 0.416 e. The van der Waals surface area contributed by atoms with E-state index in [0.717, 1.165) is 12.1 Å². The molecule has 0 spiro atoms. The number of hydrogen-bond donors (Lipinski definition) is 1. The molecule has 0 aliphatic heterocycles. The topological polar surface area (TPSA) is 52.7 Å². The second-order valence-electron chi connectivity index (χ2n) is 5.62. The zero-order valence-corrected chi connectivity index (χ0v) is 14.0. The molecule has 8 heteroatoms. The van der Waals surface area contributed by atoms with E-state index >= 15 is 0 Å². The first-order valence-corrected chi connectivity index (χ1v) is 7.48. The van der Waals surface area contributed by atoms with Crippen LogP contribution in [-0.2, 0) is 15.8 Å². The van der Waals surface area contributed by atoms with Gasteiger partial charge in [-0.3, -0.25) is 9.59 Å². The zero-order valence-electron chi connectivity index (χ0n) is 14.0. The van der Waals surface area contributed by atoms with Crippen LogP contribution in [0.5, 0.6) is 0 Å². The summed E-state index contributed by atoms with van der Waals surface area (Å²) in [6.45, 7) is 2.60. The van der Waals surface area contributed by atoms with Crippen molar-refractivity contribution in [2.24, 2.45) is 0 Å². The van der Waals surface area contributed by atoms with Gasteiger partial charge in [-0.15, -0.1) is 0 Å². The lowest BCUT2D eigenvalue weighted by Gasteiger charge is -2.21. The molecule has 0 aromatic heterocycles. The van der Waals surface area contributed by atoms with Gasteiger partial charge in [0.2, 0.25) is 11.8 Å². The predicted molar refractivity (Wildman–Crippen MR) is 85.7 cm³/mol. The van der Waals surface area contributed by atoms with Crippen molar-refractivity contribution in [1.82, 2.24) is 10.2 Å². The van der Waals surface area contributed by atoms with Crippen LogP contribution in [0.15, 0.2) is 24.3 Å². The van der Waals surface area contributed by atoms with E-state index in [2.05, 4.69) is 5.32 Å². The number of nitrogens with zero attached hydrogens (tertiary/aromatic N) is 2. The molecule has 1 aromatic carbocycles. The van der Waals surface area contributed by atoms with E-state index in [4.69, 9.17) is 0 Å². The quantitative estimate of drug-likeness (QED) is 0.824. The van der Waals surface area contributed by atoms with Gasteiger partial charge in [0.25, 0.3) is 0 Å². The van der Waals surface area contributed by atoms with Gasteiger partial charge in [0.05, 0.1) is 5.56 Å². The van der Waals surface area contributed by atoms with Crippen LogP contribution in [-0.4, -0.2) is 50.4 Å². The molecule has 0 fully saturated rings. The van der Waals surface area contributed by atoms with E-state index in [0.29, 0.717) is 18.8 Å². The molecule has 1 aromatic rings. The monoisotopic (exact) mass is 345 g/mol. The molecule has 0 bridgehead atoms. The Morgan fingerprint density at radius 2 is 1.67 bits per heavy atom. The van der Waals surface area contributed by atoms with Crippen LogP contribution in [0.2, 0.25) is 0 Å². The van der Waals surface area contributed by atoms with E-state index in [9.17, 15) is 22.8 Å². The van der Waals surface area contributed by atoms with Gasteiger partial charge in [0.15, 0.2) is 0 Å². The van der Waals surface area contributed by atoms with E-state index in [1.165, 1.54) is 24.0 Å². The molecule has 0 heterocycles. The minimum Gasteiger partial charge on any atom is -0.355 e. The number of rotatable bonds is 7. The minimum absolute atomic E-state index is 0.0774. The lowest BCUT2D eigenvalue weighted by Crippen LogP contribution is -2.36. The zero-order chi connectivity index (χ0) is 18.3. The fourth-order valence-corrected chi connectivity index (χ4v) is 2.02. The highest BCUT2D eigenvalue weighted by Gasteiger charge is 2.30. The van der Waals surface area contributed by atoms with Crippen molar-refractivity contribution in [3.8, 4) is 0 Å². The number of anilines is 1. The summed E-state index contributed by atoms with van der Waals surface area (Å²) < 4.78 is 37.7. The Kier molecular flexibility index (Phi) is 7.21. The van der Waals surface area contributed by atoms with Crippen LogP contribution < -0.4 is 10.2 Å². The Balaban J connectivity index is 2.64. The van der Waals surface area contributed by atoms with Crippen LogP contribution in [0.25, 0.3) is 0 Å². The maximum atomic E-state index is 12.6. The number of hydrogen-bond acceptors (Lipinski definition) is 3. The second kappa shape index (κ2) is 8.68. The van der Waals surface area contributed by atoms with Gasteiger partial charge in [0.1, 0.15) is 0 Å². The van der Waals surface area contributed by atoms with E-state index in [1.807, 2.05) is 19.0 Å². The normalized spacial score (nSPS) is 11.5. The molecule has 0 unspecified atom stereocenters. The Morgan fingerprint density at radius 3 is 2.12 bits per heavy atom. The van der Waals surface area contributed by atoms with Crippen molar-refractivity contribution in [3.63, 3.8) is 0 Å². The van der Waals surface area contributed by atoms with Crippen LogP contribution >= 0.6 is 0 Å². The Labute approximate surface area is 139 Å². The largest absolute Gasteiger partial charge is 0.416 e. The third kappa shape index (κ3) is 6.57. The van der Waals surface area contributed by atoms with Gasteiger partial charge in [-0.2, -0.15) is 13.2 Å². The minimum atomic E-state index is -4.42. The number of alkyl halides is 3. The molecule has 0 aliphatic carbocycles. The maximum absolute atomic E-state index is 12.6. The summed E-state index contributed by atoms with van der Waals surface area (Å²) in [6.07, 6.45) is -4.35. The molecule has 1 N–H and O–H groups in total. The number of carbonyl (C=O) groups is 2. The van der Waals surface area contributed by atoms with Crippen molar-refractivity contribution in [3.05, 3.63) is 29.8 Å². The lowest BCUT2D eigenvalue weighted by molar-refractivity contribution is -0.137. The van der Waals surface area contributed by atoms with Crippen LogP contribution in [0.4, 0.5) is 18.9 Å². The van der Waals surface area contributed by atoms with Crippen LogP contribution in [0.3, 0.4) is 0 Å². The van der Waals surface area contributed by atoms with Gasteiger partial charge in [-0.1, -0.05) is 0 Å². The smallest absolute Gasteiger partial charge is 0.355 e. The third-order valence-electron chi connectivity index (χ3n) is 3.33. The summed E-state index contributed by atoms with van der Waals surface area (Å²) in [6, 6.07) is 4.30. The molecule has 0 saturated carbocycles. The van der Waals surface area contributed by atoms with Crippen molar-refractivity contribution in [1.29, 1.82) is 0 Å². The molecule has 5 nitrogen and oxygen atoms in total. The number of halogens is 3. The molecular formula is C16H22F3N3O2. The molecule has 0 atom stereocenters. The molecule has 0 aliphatic rings. The first kappa shape index (κ1) is 20.0. The number of likely N-dealkylation sites (N-methyl/N-ethyl adjacent to an activating group) is 1. The SMILES string of the molecule is CC(=O)N(CCC(=O)NCCN(C)C)c1ccc(C(F)(F)F)cc1. The fourth-order valence-electron chi connectivity index (χ4n) is 2.02. The van der Waals surface area contributed by atoms with Crippen LogP contribution in [0, 0.1) is 0 Å². The standard InChI is InChI=1S/C16H22F3N3O2/c1-12(23)22(10-8-15(24)20-9-11-21(2)3)14-6-4-13(5-7-14)16(17,18)19/h4-7H,8-11H2,1-3H3,(H,20,24). The molecule has 0 saturated heterocycles. The Bertz CT molecular complexity index is 557. The van der Waals surface area contributed by atoms with Gasteiger partial charge in [-0.05, 0) is 38.4 Å². The highest BCUT2D eigenvalue weighted by atomic mass is 19.4. The average molecular weight is 345 g/mol. The van der Waals surface area contributed by atoms with Crippen molar-refractivity contribution < 1.29 is 22.8 Å². The van der Waals surface area contributed by atoms with Crippen molar-refractivity contribution >= 4 is 17.5 Å². The predicted octanol–water partition coefficient (Wildman–Crippen LogP) is 2.13. The van der Waals surface area contributed by atoms with Gasteiger partial charge < -0.3 is 15.1 Å². The summed E-state index contributed by atoms with van der Waals surface area (Å²) in [4.78, 5) is 26.7. The Hall–Kier alpha value is -2.09. The van der Waals surface area contributed by atoms with Gasteiger partial charge in [0, 0.05) is 38.7 Å². The highest BCUT2D eigenvalue weighted by molar-refractivity contribution is 5.92. The van der Waals surface area contributed by atoms with Gasteiger partial charge >= 0.3 is 6.18 Å². The molecular weight excluding hydrogens is 323 g/mol. The van der Waals surface area contributed by atoms with E-state index in [-0.39, 0.29) is 24.8 Å². The van der Waals surface area contributed by atoms with Crippen molar-refractivity contribution in [2.45, 2.75) is 19.5 Å². The van der Waals surface area contributed by atoms with Crippen molar-refractivity contribution in [2.75, 3.05) is 38.6 Å². The number of nitrogens with one attached hydrogen (secondary N) is 1. The summed E-state index contributed by atoms with van der Waals surface area (Å²) >= 11 is 0. The molecule has 1 rings (SSSR count). The molecule has 0 radical (unpaired) electrons. The fraction of sp³-hybridized carbons (Fsp3) is 0.500. The molecule has 134 valence electrons. The number of amides is 2. The summed E-state index contributed by atoms with van der Waals surface area (Å²) in [5, 5.41) is 2.72. The Morgan fingerprint density at radius 1 is 1.08 bits per heavy atom. The lowest BCUT2D eigenvalue weighted by atomic mass is 10.2. The van der Waals surface area contributed by atoms with E-state index in [1.54, 1.807) is 0 Å². The summed E-state index contributed by atoms with van der Waals surface area (Å²) in [5.41, 5.74) is -0.451. The molecule has 2 amide bonds. The van der Waals surface area contributed by atoms with E-state index < -0.39 is 11.7 Å². The third-order valence-corrected chi connectivity index (χ3v) is 3.33. The number of carbonyl (C=O) groups excluding carboxylic acids is 2. The molecule has 24 heavy (non-hydrogen) atoms. The summed E-state index contributed by atoms with van der Waals surface area (Å²) in [7, 11) is 3.77. The number of benzene rings is 1. The highest BCUT2D eigenvalue weighted by Crippen LogP contribution is 2.30. The first-order valence-electron chi connectivity index (χ1n) is 7.48. The second-order valence-corrected chi connectivity index (χ2v) is 5.62. The summed E-state index contributed by atoms with van der Waals surface area (Å²) in [5.74, 6) is -0.550.